The van der Waals surface area contributed by atoms with Crippen LogP contribution in [0.1, 0.15) is 19.8 Å². The number of carbonyl (C=O) groups is 1. The molecule has 1 rings (SSSR count). The third-order valence-corrected chi connectivity index (χ3v) is 2.59. The van der Waals surface area contributed by atoms with Gasteiger partial charge in [0.2, 0.25) is 5.91 Å². The Hall–Kier alpha value is -0.180. The highest BCUT2D eigenvalue weighted by Crippen LogP contribution is 2.19. The van der Waals surface area contributed by atoms with E-state index in [0.717, 1.165) is 25.1 Å². The van der Waals surface area contributed by atoms with Crippen LogP contribution in [0.4, 0.5) is 0 Å². The second kappa shape index (κ2) is 3.11. The number of hydrogen-bond donors (Lipinski definition) is 0. The first-order chi connectivity index (χ1) is 4.34. The van der Waals surface area contributed by atoms with Crippen LogP contribution >= 0.6 is 11.9 Å². The first-order valence-electron chi connectivity index (χ1n) is 3.28. The van der Waals surface area contributed by atoms with E-state index in [-0.39, 0.29) is 0 Å². The van der Waals surface area contributed by atoms with Crippen molar-refractivity contribution >= 4 is 17.9 Å². The van der Waals surface area contributed by atoms with Gasteiger partial charge in [0.1, 0.15) is 0 Å². The van der Waals surface area contributed by atoms with E-state index in [1.54, 1.807) is 11.9 Å². The molecule has 0 bridgehead atoms. The van der Waals surface area contributed by atoms with Crippen molar-refractivity contribution in [2.75, 3.05) is 12.3 Å². The molecule has 0 saturated carbocycles. The van der Waals surface area contributed by atoms with Crippen LogP contribution in [0.3, 0.4) is 0 Å². The van der Waals surface area contributed by atoms with Crippen molar-refractivity contribution in [3.63, 3.8) is 0 Å². The Labute approximate surface area is 59.7 Å². The molecule has 2 nitrogen and oxygen atoms in total. The van der Waals surface area contributed by atoms with Crippen LogP contribution in [0.25, 0.3) is 0 Å². The molecule has 0 atom stereocenters. The summed E-state index contributed by atoms with van der Waals surface area (Å²) in [5.41, 5.74) is 0. The molecule has 0 aromatic heterocycles. The summed E-state index contributed by atoms with van der Waals surface area (Å²) in [6.45, 7) is 2.86. The van der Waals surface area contributed by atoms with Crippen LogP contribution in [-0.4, -0.2) is 22.5 Å². The van der Waals surface area contributed by atoms with Crippen molar-refractivity contribution in [2.24, 2.45) is 0 Å². The van der Waals surface area contributed by atoms with Gasteiger partial charge in [-0.25, -0.2) is 0 Å². The summed E-state index contributed by atoms with van der Waals surface area (Å²) in [5.74, 6) is 1.41. The Morgan fingerprint density at radius 3 is 3.00 bits per heavy atom. The van der Waals surface area contributed by atoms with Crippen LogP contribution < -0.4 is 0 Å². The monoisotopic (exact) mass is 145 g/mol. The fourth-order valence-corrected chi connectivity index (χ4v) is 1.77. The normalized spacial score (nSPS) is 20.6. The van der Waals surface area contributed by atoms with Crippen LogP contribution in [0, 0.1) is 0 Å². The molecule has 0 spiro atoms. The minimum Gasteiger partial charge on any atom is -0.287 e. The van der Waals surface area contributed by atoms with E-state index >= 15 is 0 Å². The van der Waals surface area contributed by atoms with Gasteiger partial charge in [0.15, 0.2) is 0 Å². The van der Waals surface area contributed by atoms with Gasteiger partial charge >= 0.3 is 0 Å². The van der Waals surface area contributed by atoms with Gasteiger partial charge in [0.05, 0.1) is 0 Å². The summed E-state index contributed by atoms with van der Waals surface area (Å²) in [7, 11) is 0. The second-order valence-corrected chi connectivity index (χ2v) is 3.13. The van der Waals surface area contributed by atoms with E-state index in [1.165, 1.54) is 0 Å². The molecule has 1 aliphatic heterocycles. The molecule has 0 aliphatic carbocycles. The fraction of sp³-hybridized carbons (Fsp3) is 0.833. The summed E-state index contributed by atoms with van der Waals surface area (Å²) in [6.07, 6.45) is 1.81. The van der Waals surface area contributed by atoms with Crippen molar-refractivity contribution in [3.05, 3.63) is 0 Å². The maximum atomic E-state index is 10.9. The van der Waals surface area contributed by atoms with Crippen molar-refractivity contribution in [1.82, 2.24) is 4.31 Å². The van der Waals surface area contributed by atoms with E-state index in [4.69, 9.17) is 0 Å². The Morgan fingerprint density at radius 1 is 1.78 bits per heavy atom. The van der Waals surface area contributed by atoms with Crippen molar-refractivity contribution in [1.29, 1.82) is 0 Å². The lowest BCUT2D eigenvalue weighted by Crippen LogP contribution is -2.27. The minimum absolute atomic E-state index is 0.300. The molecular weight excluding hydrogens is 134 g/mol. The van der Waals surface area contributed by atoms with Crippen LogP contribution in [-0.2, 0) is 4.79 Å². The number of nitrogens with zero attached hydrogens (tertiary/aromatic N) is 1. The van der Waals surface area contributed by atoms with Gasteiger partial charge in [-0.2, -0.15) is 0 Å². The SMILES string of the molecule is CCN1SCCCC1=O. The highest BCUT2D eigenvalue weighted by atomic mass is 32.2. The zero-order valence-electron chi connectivity index (χ0n) is 5.59. The topological polar surface area (TPSA) is 20.3 Å². The Bertz CT molecular complexity index is 116. The van der Waals surface area contributed by atoms with Crippen molar-refractivity contribution in [2.45, 2.75) is 19.8 Å². The van der Waals surface area contributed by atoms with Gasteiger partial charge in [-0.1, -0.05) is 0 Å². The quantitative estimate of drug-likeness (QED) is 0.518. The lowest BCUT2D eigenvalue weighted by Gasteiger charge is -2.23. The Morgan fingerprint density at radius 2 is 2.56 bits per heavy atom. The number of amides is 1. The fourth-order valence-electron chi connectivity index (χ4n) is 0.862. The first kappa shape index (κ1) is 6.93. The average Bonchev–Trinajstić information content (AvgIpc) is 1.89. The van der Waals surface area contributed by atoms with Gasteiger partial charge in [0, 0.05) is 18.7 Å². The Kier molecular flexibility index (Phi) is 2.39. The molecule has 0 N–H and O–H groups in total. The average molecular weight is 145 g/mol. The molecular formula is C6H11NOS. The van der Waals surface area contributed by atoms with E-state index < -0.39 is 0 Å². The molecule has 1 saturated heterocycles. The van der Waals surface area contributed by atoms with E-state index in [2.05, 4.69) is 0 Å². The Balaban J connectivity index is 2.39. The molecule has 1 amide bonds. The summed E-state index contributed by atoms with van der Waals surface area (Å²) >= 11 is 1.66. The number of hydrogen-bond acceptors (Lipinski definition) is 2. The molecule has 0 radical (unpaired) electrons. The lowest BCUT2D eigenvalue weighted by atomic mass is 10.3. The molecule has 9 heavy (non-hydrogen) atoms. The van der Waals surface area contributed by atoms with Gasteiger partial charge in [-0.05, 0) is 25.3 Å². The zero-order valence-corrected chi connectivity index (χ0v) is 6.41. The van der Waals surface area contributed by atoms with Gasteiger partial charge in [-0.15, -0.1) is 0 Å². The molecule has 0 aromatic carbocycles. The van der Waals surface area contributed by atoms with E-state index in [0.29, 0.717) is 5.91 Å². The molecule has 52 valence electrons. The smallest absolute Gasteiger partial charge is 0.232 e. The maximum absolute atomic E-state index is 10.9. The predicted octanol–water partition coefficient (Wildman–Crippen LogP) is 1.28. The number of carbonyl (C=O) groups excluding carboxylic acids is 1. The largest absolute Gasteiger partial charge is 0.287 e. The summed E-state index contributed by atoms with van der Waals surface area (Å²) in [6, 6.07) is 0. The number of rotatable bonds is 1. The molecule has 0 aromatic rings. The molecule has 1 heterocycles. The predicted molar refractivity (Wildman–Crippen MR) is 39.1 cm³/mol. The summed E-state index contributed by atoms with van der Waals surface area (Å²) in [4.78, 5) is 10.9. The van der Waals surface area contributed by atoms with E-state index in [1.807, 2.05) is 11.2 Å². The molecule has 1 aliphatic rings. The third-order valence-electron chi connectivity index (χ3n) is 1.35. The first-order valence-corrected chi connectivity index (χ1v) is 4.22. The van der Waals surface area contributed by atoms with Gasteiger partial charge in [0.25, 0.3) is 0 Å². The second-order valence-electron chi connectivity index (χ2n) is 2.03. The van der Waals surface area contributed by atoms with Gasteiger partial charge < -0.3 is 0 Å². The third kappa shape index (κ3) is 1.61. The van der Waals surface area contributed by atoms with Crippen LogP contribution in [0.2, 0.25) is 0 Å². The molecule has 1 fully saturated rings. The van der Waals surface area contributed by atoms with E-state index in [9.17, 15) is 4.79 Å². The molecule has 0 unspecified atom stereocenters. The highest BCUT2D eigenvalue weighted by Gasteiger charge is 2.15. The van der Waals surface area contributed by atoms with Crippen molar-refractivity contribution in [3.8, 4) is 0 Å². The maximum Gasteiger partial charge on any atom is 0.232 e. The zero-order chi connectivity index (χ0) is 6.69. The summed E-state index contributed by atoms with van der Waals surface area (Å²) < 4.78 is 1.84. The van der Waals surface area contributed by atoms with Crippen LogP contribution in [0.5, 0.6) is 0 Å². The molecule has 3 heteroatoms. The van der Waals surface area contributed by atoms with Crippen LogP contribution in [0.15, 0.2) is 0 Å². The standard InChI is InChI=1S/C6H11NOS/c1-2-7-6(8)4-3-5-9-7/h2-5H2,1H3. The lowest BCUT2D eigenvalue weighted by molar-refractivity contribution is -0.126. The van der Waals surface area contributed by atoms with Gasteiger partial charge in [-0.3, -0.25) is 9.10 Å². The highest BCUT2D eigenvalue weighted by molar-refractivity contribution is 7.97. The van der Waals surface area contributed by atoms with Crippen molar-refractivity contribution < 1.29 is 4.79 Å². The summed E-state index contributed by atoms with van der Waals surface area (Å²) in [5, 5.41) is 0. The minimum atomic E-state index is 0.300.